The number of hydrogen-bond acceptors (Lipinski definition) is 2. The lowest BCUT2D eigenvalue weighted by Gasteiger charge is -2.04. The highest BCUT2D eigenvalue weighted by atomic mass is 79.9. The molecule has 76 valence electrons. The van der Waals surface area contributed by atoms with E-state index >= 15 is 0 Å². The fourth-order valence-electron chi connectivity index (χ4n) is 0.803. The number of carbonyl (C=O) groups excluding carboxylic acids is 1. The molecule has 1 rings (SSSR count). The largest absolute Gasteiger partial charge is 0.281 e. The van der Waals surface area contributed by atoms with Crippen LogP contribution in [0.5, 0.6) is 0 Å². The standard InChI is InChI=1S/C7H2BrClF3NO/c8-3-1-2(5(9)14)4(6(10)11)13-7(3)12/h1,6H. The number of carbonyl (C=O) groups is 1. The summed E-state index contributed by atoms with van der Waals surface area (Å²) in [7, 11) is 0. The van der Waals surface area contributed by atoms with Gasteiger partial charge in [-0.15, -0.1) is 0 Å². The normalized spacial score (nSPS) is 10.7. The van der Waals surface area contributed by atoms with Gasteiger partial charge in [-0.3, -0.25) is 4.79 Å². The summed E-state index contributed by atoms with van der Waals surface area (Å²) < 4.78 is 37.0. The lowest BCUT2D eigenvalue weighted by Crippen LogP contribution is -2.04. The summed E-state index contributed by atoms with van der Waals surface area (Å²) in [4.78, 5) is 13.6. The van der Waals surface area contributed by atoms with E-state index in [0.29, 0.717) is 0 Å². The molecule has 0 aromatic carbocycles. The minimum absolute atomic E-state index is 0.189. The Morgan fingerprint density at radius 2 is 2.14 bits per heavy atom. The molecule has 1 heterocycles. The Labute approximate surface area is 90.2 Å². The van der Waals surface area contributed by atoms with Crippen molar-refractivity contribution in [2.24, 2.45) is 0 Å². The van der Waals surface area contributed by atoms with E-state index in [-0.39, 0.29) is 4.47 Å². The topological polar surface area (TPSA) is 30.0 Å². The molecule has 2 nitrogen and oxygen atoms in total. The molecule has 0 N–H and O–H groups in total. The number of nitrogens with zero attached hydrogens (tertiary/aromatic N) is 1. The zero-order valence-corrected chi connectivity index (χ0v) is 8.74. The molecule has 1 aromatic rings. The molecule has 1 aromatic heterocycles. The van der Waals surface area contributed by atoms with Gasteiger partial charge in [-0.2, -0.15) is 4.39 Å². The van der Waals surface area contributed by atoms with Gasteiger partial charge < -0.3 is 0 Å². The summed E-state index contributed by atoms with van der Waals surface area (Å²) in [5.41, 5.74) is -1.46. The second kappa shape index (κ2) is 4.27. The summed E-state index contributed by atoms with van der Waals surface area (Å²) in [6.45, 7) is 0. The van der Waals surface area contributed by atoms with Gasteiger partial charge in [-0.05, 0) is 33.6 Å². The molecule has 0 bridgehead atoms. The van der Waals surface area contributed by atoms with E-state index in [2.05, 4.69) is 20.9 Å². The molecule has 7 heteroatoms. The minimum Gasteiger partial charge on any atom is -0.276 e. The van der Waals surface area contributed by atoms with E-state index in [1.54, 1.807) is 0 Å². The van der Waals surface area contributed by atoms with E-state index in [9.17, 15) is 18.0 Å². The van der Waals surface area contributed by atoms with E-state index in [0.717, 1.165) is 6.07 Å². The lowest BCUT2D eigenvalue weighted by molar-refractivity contribution is 0.106. The molecular formula is C7H2BrClF3NO. The van der Waals surface area contributed by atoms with Gasteiger partial charge in [0.2, 0.25) is 5.95 Å². The van der Waals surface area contributed by atoms with Crippen molar-refractivity contribution >= 4 is 32.8 Å². The van der Waals surface area contributed by atoms with Crippen LogP contribution >= 0.6 is 27.5 Å². The zero-order valence-electron chi connectivity index (χ0n) is 6.40. The van der Waals surface area contributed by atoms with E-state index in [1.165, 1.54) is 0 Å². The van der Waals surface area contributed by atoms with Gasteiger partial charge in [0.1, 0.15) is 5.69 Å². The third kappa shape index (κ3) is 2.24. The van der Waals surface area contributed by atoms with Crippen molar-refractivity contribution in [3.63, 3.8) is 0 Å². The lowest BCUT2D eigenvalue weighted by atomic mass is 10.2. The molecule has 0 saturated heterocycles. The van der Waals surface area contributed by atoms with Gasteiger partial charge in [0.25, 0.3) is 11.7 Å². The Balaban J connectivity index is 3.39. The number of halogens is 5. The Morgan fingerprint density at radius 3 is 2.57 bits per heavy atom. The number of pyridine rings is 1. The second-order valence-electron chi connectivity index (χ2n) is 2.27. The molecule has 0 aliphatic heterocycles. The predicted octanol–water partition coefficient (Wildman–Crippen LogP) is 3.30. The maximum absolute atomic E-state index is 12.7. The maximum atomic E-state index is 12.7. The van der Waals surface area contributed by atoms with Crippen molar-refractivity contribution in [1.82, 2.24) is 4.98 Å². The molecule has 0 spiro atoms. The van der Waals surface area contributed by atoms with Gasteiger partial charge in [-0.1, -0.05) is 0 Å². The molecule has 0 aliphatic rings. The van der Waals surface area contributed by atoms with Gasteiger partial charge in [-0.25, -0.2) is 13.8 Å². The average molecular weight is 288 g/mol. The quantitative estimate of drug-likeness (QED) is 0.617. The molecule has 0 amide bonds. The molecule has 0 aliphatic carbocycles. The van der Waals surface area contributed by atoms with Crippen LogP contribution in [0.4, 0.5) is 13.2 Å². The number of aromatic nitrogens is 1. The highest BCUT2D eigenvalue weighted by Gasteiger charge is 2.21. The zero-order chi connectivity index (χ0) is 10.9. The summed E-state index contributed by atoms with van der Waals surface area (Å²) in [6, 6.07) is 0.874. The predicted molar refractivity (Wildman–Crippen MR) is 47.0 cm³/mol. The van der Waals surface area contributed by atoms with Crippen LogP contribution in [0.1, 0.15) is 22.5 Å². The van der Waals surface area contributed by atoms with Crippen LogP contribution in [0.25, 0.3) is 0 Å². The van der Waals surface area contributed by atoms with Crippen LogP contribution in [-0.4, -0.2) is 10.2 Å². The first-order valence-electron chi connectivity index (χ1n) is 3.27. The molecule has 0 unspecified atom stereocenters. The van der Waals surface area contributed by atoms with Gasteiger partial charge in [0, 0.05) is 0 Å². The Kier molecular flexibility index (Phi) is 3.49. The summed E-state index contributed by atoms with van der Waals surface area (Å²) >= 11 is 7.73. The maximum Gasteiger partial charge on any atom is 0.281 e. The monoisotopic (exact) mass is 287 g/mol. The first-order valence-corrected chi connectivity index (χ1v) is 4.44. The van der Waals surface area contributed by atoms with Crippen LogP contribution in [0.3, 0.4) is 0 Å². The summed E-state index contributed by atoms with van der Waals surface area (Å²) in [5.74, 6) is -1.11. The van der Waals surface area contributed by atoms with Crippen molar-refractivity contribution in [2.75, 3.05) is 0 Å². The van der Waals surface area contributed by atoms with Gasteiger partial charge in [0.05, 0.1) is 10.0 Å². The van der Waals surface area contributed by atoms with Gasteiger partial charge >= 0.3 is 0 Å². The van der Waals surface area contributed by atoms with Crippen molar-refractivity contribution in [3.05, 3.63) is 27.7 Å². The molecule has 0 atom stereocenters. The summed E-state index contributed by atoms with van der Waals surface area (Å²) in [6.07, 6.45) is -3.05. The number of rotatable bonds is 2. The third-order valence-electron chi connectivity index (χ3n) is 1.38. The molecule has 0 saturated carbocycles. The van der Waals surface area contributed by atoms with E-state index in [4.69, 9.17) is 11.6 Å². The van der Waals surface area contributed by atoms with Gasteiger partial charge in [0.15, 0.2) is 0 Å². The number of hydrogen-bond donors (Lipinski definition) is 0. The van der Waals surface area contributed by atoms with Crippen LogP contribution in [0.15, 0.2) is 10.5 Å². The molecular weight excluding hydrogens is 286 g/mol. The average Bonchev–Trinajstić information content (AvgIpc) is 2.08. The van der Waals surface area contributed by atoms with Crippen LogP contribution < -0.4 is 0 Å². The van der Waals surface area contributed by atoms with E-state index < -0.39 is 28.9 Å². The van der Waals surface area contributed by atoms with Crippen molar-refractivity contribution in [2.45, 2.75) is 6.43 Å². The number of alkyl halides is 2. The van der Waals surface area contributed by atoms with Crippen LogP contribution in [-0.2, 0) is 0 Å². The molecule has 0 fully saturated rings. The van der Waals surface area contributed by atoms with Crippen LogP contribution in [0, 0.1) is 5.95 Å². The first-order chi connectivity index (χ1) is 6.43. The van der Waals surface area contributed by atoms with Crippen molar-refractivity contribution in [3.8, 4) is 0 Å². The Bertz CT molecular complexity index is 385. The summed E-state index contributed by atoms with van der Waals surface area (Å²) in [5, 5.41) is -1.10. The highest BCUT2D eigenvalue weighted by Crippen LogP contribution is 2.26. The SMILES string of the molecule is O=C(Cl)c1cc(Br)c(F)nc1C(F)F. The third-order valence-corrected chi connectivity index (χ3v) is 2.14. The fourth-order valence-corrected chi connectivity index (χ4v) is 1.27. The molecule has 14 heavy (non-hydrogen) atoms. The van der Waals surface area contributed by atoms with Crippen molar-refractivity contribution < 1.29 is 18.0 Å². The second-order valence-corrected chi connectivity index (χ2v) is 3.47. The molecule has 0 radical (unpaired) electrons. The fraction of sp³-hybridized carbons (Fsp3) is 0.143. The van der Waals surface area contributed by atoms with Crippen molar-refractivity contribution in [1.29, 1.82) is 0 Å². The van der Waals surface area contributed by atoms with Crippen LogP contribution in [0.2, 0.25) is 0 Å². The Hall–Kier alpha value is -0.620. The minimum atomic E-state index is -3.05. The first kappa shape index (κ1) is 11.5. The van der Waals surface area contributed by atoms with E-state index in [1.807, 2.05) is 0 Å². The highest BCUT2D eigenvalue weighted by molar-refractivity contribution is 9.10. The Morgan fingerprint density at radius 1 is 1.57 bits per heavy atom. The smallest absolute Gasteiger partial charge is 0.276 e.